The van der Waals surface area contributed by atoms with E-state index in [1.54, 1.807) is 0 Å². The van der Waals surface area contributed by atoms with E-state index in [1.807, 2.05) is 0 Å². The van der Waals surface area contributed by atoms with Gasteiger partial charge in [-0.1, -0.05) is 32.1 Å². The Hall–Kier alpha value is -1.06. The van der Waals surface area contributed by atoms with Gasteiger partial charge in [0, 0.05) is 24.9 Å². The normalized spacial score (nSPS) is 29.0. The molecule has 0 unspecified atom stereocenters. The highest BCUT2D eigenvalue weighted by Gasteiger charge is 2.43. The summed E-state index contributed by atoms with van der Waals surface area (Å²) in [4.78, 5) is 23.3. The molecule has 0 aromatic heterocycles. The first-order valence-electron chi connectivity index (χ1n) is 8.81. The van der Waals surface area contributed by atoms with Crippen LogP contribution < -0.4 is 10.6 Å². The minimum absolute atomic E-state index is 0.166. The zero-order valence-electron chi connectivity index (χ0n) is 12.9. The van der Waals surface area contributed by atoms with Gasteiger partial charge in [0.2, 0.25) is 11.8 Å². The van der Waals surface area contributed by atoms with Gasteiger partial charge in [-0.05, 0) is 37.5 Å². The van der Waals surface area contributed by atoms with Crippen LogP contribution >= 0.6 is 0 Å². The molecule has 118 valence electrons. The van der Waals surface area contributed by atoms with Crippen molar-refractivity contribution in [2.24, 2.45) is 17.8 Å². The zero-order chi connectivity index (χ0) is 14.7. The smallest absolute Gasteiger partial charge is 0.223 e. The maximum atomic E-state index is 11.9. The molecule has 3 saturated carbocycles. The summed E-state index contributed by atoms with van der Waals surface area (Å²) in [5.74, 6) is 2.22. The van der Waals surface area contributed by atoms with Crippen LogP contribution in [0.2, 0.25) is 0 Å². The van der Waals surface area contributed by atoms with Crippen molar-refractivity contribution in [3.63, 3.8) is 0 Å². The molecule has 0 aliphatic heterocycles. The number of hydrogen-bond acceptors (Lipinski definition) is 2. The molecule has 3 fully saturated rings. The predicted octanol–water partition coefficient (Wildman–Crippen LogP) is 2.38. The van der Waals surface area contributed by atoms with Gasteiger partial charge in [-0.2, -0.15) is 0 Å². The Morgan fingerprint density at radius 1 is 1.00 bits per heavy atom. The third-order valence-corrected chi connectivity index (χ3v) is 5.27. The maximum absolute atomic E-state index is 11.9. The summed E-state index contributed by atoms with van der Waals surface area (Å²) < 4.78 is 0. The predicted molar refractivity (Wildman–Crippen MR) is 81.6 cm³/mol. The van der Waals surface area contributed by atoms with Crippen LogP contribution in [0.4, 0.5) is 0 Å². The van der Waals surface area contributed by atoms with Crippen LogP contribution in [0.25, 0.3) is 0 Å². The van der Waals surface area contributed by atoms with Gasteiger partial charge in [-0.25, -0.2) is 0 Å². The maximum Gasteiger partial charge on any atom is 0.223 e. The Kier molecular flexibility index (Phi) is 4.81. The number of carbonyl (C=O) groups excluding carboxylic acids is 2. The van der Waals surface area contributed by atoms with Crippen molar-refractivity contribution in [1.29, 1.82) is 0 Å². The molecule has 2 amide bonds. The fourth-order valence-electron chi connectivity index (χ4n) is 3.69. The molecule has 2 N–H and O–H groups in total. The monoisotopic (exact) mass is 292 g/mol. The lowest BCUT2D eigenvalue weighted by molar-refractivity contribution is -0.123. The standard InChI is InChI=1S/C17H28N2O2/c20-16(7-4-10-18-17(21)13-8-9-13)19-15-11-14(15)12-5-2-1-3-6-12/h12-15H,1-11H2,(H,18,21)(H,19,20)/t14-,15-/m1/s1. The zero-order valence-corrected chi connectivity index (χ0v) is 12.9. The van der Waals surface area contributed by atoms with E-state index in [-0.39, 0.29) is 17.7 Å². The lowest BCUT2D eigenvalue weighted by Gasteiger charge is -2.21. The number of carbonyl (C=O) groups is 2. The van der Waals surface area contributed by atoms with Crippen molar-refractivity contribution < 1.29 is 9.59 Å². The molecule has 0 saturated heterocycles. The van der Waals surface area contributed by atoms with Crippen molar-refractivity contribution in [3.8, 4) is 0 Å². The molecule has 0 heterocycles. The van der Waals surface area contributed by atoms with Crippen LogP contribution in [0.3, 0.4) is 0 Å². The Morgan fingerprint density at radius 3 is 2.48 bits per heavy atom. The van der Waals surface area contributed by atoms with Crippen molar-refractivity contribution >= 4 is 11.8 Å². The van der Waals surface area contributed by atoms with Crippen molar-refractivity contribution in [2.45, 2.75) is 70.3 Å². The Morgan fingerprint density at radius 2 is 1.76 bits per heavy atom. The van der Waals surface area contributed by atoms with Crippen LogP contribution in [0.15, 0.2) is 0 Å². The average Bonchev–Trinajstić information content (AvgIpc) is 3.37. The first-order chi connectivity index (χ1) is 10.2. The van der Waals surface area contributed by atoms with Gasteiger partial charge in [-0.3, -0.25) is 9.59 Å². The van der Waals surface area contributed by atoms with Crippen LogP contribution in [0, 0.1) is 17.8 Å². The first kappa shape index (κ1) is 14.9. The first-order valence-corrected chi connectivity index (χ1v) is 8.81. The van der Waals surface area contributed by atoms with Crippen molar-refractivity contribution in [2.75, 3.05) is 6.54 Å². The summed E-state index contributed by atoms with van der Waals surface area (Å²) in [6, 6.07) is 0.446. The second kappa shape index (κ2) is 6.80. The number of rotatable bonds is 7. The molecule has 0 aromatic rings. The highest BCUT2D eigenvalue weighted by molar-refractivity contribution is 5.81. The molecule has 3 aliphatic carbocycles. The number of amides is 2. The van der Waals surface area contributed by atoms with Crippen LogP contribution in [0.5, 0.6) is 0 Å². The van der Waals surface area contributed by atoms with Crippen LogP contribution in [-0.2, 0) is 9.59 Å². The van der Waals surface area contributed by atoms with Gasteiger partial charge in [0.25, 0.3) is 0 Å². The van der Waals surface area contributed by atoms with Gasteiger partial charge >= 0.3 is 0 Å². The van der Waals surface area contributed by atoms with E-state index in [4.69, 9.17) is 0 Å². The molecular weight excluding hydrogens is 264 g/mol. The second-order valence-corrected chi connectivity index (χ2v) is 7.14. The van der Waals surface area contributed by atoms with Gasteiger partial charge < -0.3 is 10.6 Å². The van der Waals surface area contributed by atoms with E-state index in [0.29, 0.717) is 19.0 Å². The van der Waals surface area contributed by atoms with Gasteiger partial charge in [-0.15, -0.1) is 0 Å². The highest BCUT2D eigenvalue weighted by atomic mass is 16.2. The largest absolute Gasteiger partial charge is 0.356 e. The van der Waals surface area contributed by atoms with E-state index < -0.39 is 0 Å². The Bertz CT molecular complexity index is 386. The second-order valence-electron chi connectivity index (χ2n) is 7.14. The average molecular weight is 292 g/mol. The highest BCUT2D eigenvalue weighted by Crippen LogP contribution is 2.44. The fraction of sp³-hybridized carbons (Fsp3) is 0.882. The van der Waals surface area contributed by atoms with Crippen LogP contribution in [-0.4, -0.2) is 24.4 Å². The van der Waals surface area contributed by atoms with E-state index in [9.17, 15) is 9.59 Å². The summed E-state index contributed by atoms with van der Waals surface area (Å²) in [5, 5.41) is 6.08. The van der Waals surface area contributed by atoms with E-state index in [0.717, 1.165) is 31.1 Å². The molecular formula is C17H28N2O2. The summed E-state index contributed by atoms with van der Waals surface area (Å²) in [6.45, 7) is 0.638. The van der Waals surface area contributed by atoms with Crippen molar-refractivity contribution in [1.82, 2.24) is 10.6 Å². The molecule has 3 rings (SSSR count). The number of nitrogens with one attached hydrogen (secondary N) is 2. The number of hydrogen-bond donors (Lipinski definition) is 2. The molecule has 21 heavy (non-hydrogen) atoms. The fourth-order valence-corrected chi connectivity index (χ4v) is 3.69. The SMILES string of the molecule is O=C(CCCNC(=O)C1CC1)N[C@@H]1C[C@@H]1C1CCCCC1. The van der Waals surface area contributed by atoms with Crippen molar-refractivity contribution in [3.05, 3.63) is 0 Å². The molecule has 4 nitrogen and oxygen atoms in total. The Balaban J connectivity index is 1.24. The third-order valence-electron chi connectivity index (χ3n) is 5.27. The van der Waals surface area contributed by atoms with Gasteiger partial charge in [0.15, 0.2) is 0 Å². The summed E-state index contributed by atoms with van der Waals surface area (Å²) in [6.07, 6.45) is 11.4. The molecule has 0 radical (unpaired) electrons. The lowest BCUT2D eigenvalue weighted by atomic mass is 9.85. The molecule has 2 atom stereocenters. The van der Waals surface area contributed by atoms with Gasteiger partial charge in [0.1, 0.15) is 0 Å². The quantitative estimate of drug-likeness (QED) is 0.708. The van der Waals surface area contributed by atoms with Gasteiger partial charge in [0.05, 0.1) is 0 Å². The molecule has 3 aliphatic rings. The Labute approximate surface area is 127 Å². The third kappa shape index (κ3) is 4.45. The van der Waals surface area contributed by atoms with E-state index in [2.05, 4.69) is 10.6 Å². The summed E-state index contributed by atoms with van der Waals surface area (Å²) >= 11 is 0. The van der Waals surface area contributed by atoms with E-state index in [1.165, 1.54) is 38.5 Å². The summed E-state index contributed by atoms with van der Waals surface area (Å²) in [7, 11) is 0. The van der Waals surface area contributed by atoms with E-state index >= 15 is 0 Å². The minimum atomic E-state index is 0.166. The molecule has 4 heteroatoms. The molecule has 0 aromatic carbocycles. The minimum Gasteiger partial charge on any atom is -0.356 e. The lowest BCUT2D eigenvalue weighted by Crippen LogP contribution is -2.30. The summed E-state index contributed by atoms with van der Waals surface area (Å²) in [5.41, 5.74) is 0. The van der Waals surface area contributed by atoms with Crippen LogP contribution in [0.1, 0.15) is 64.2 Å². The molecule has 0 spiro atoms. The topological polar surface area (TPSA) is 58.2 Å². The molecule has 0 bridgehead atoms.